The first-order valence-electron chi connectivity index (χ1n) is 8.24. The number of hydrogen-bond donors (Lipinski definition) is 2. The van der Waals surface area contributed by atoms with Crippen LogP contribution in [0.15, 0.2) is 57.9 Å². The van der Waals surface area contributed by atoms with Crippen molar-refractivity contribution in [1.82, 2.24) is 4.72 Å². The third kappa shape index (κ3) is 6.09. The zero-order valence-corrected chi connectivity index (χ0v) is 17.5. The fourth-order valence-corrected chi connectivity index (χ4v) is 3.54. The molecular weight excluding hydrogens is 418 g/mol. The van der Waals surface area contributed by atoms with Crippen LogP contribution in [0.5, 0.6) is 5.75 Å². The minimum atomic E-state index is -3.66. The Labute approximate surface area is 163 Å². The van der Waals surface area contributed by atoms with Crippen LogP contribution < -0.4 is 9.46 Å². The van der Waals surface area contributed by atoms with E-state index >= 15 is 0 Å². The van der Waals surface area contributed by atoms with Crippen LogP contribution in [0.25, 0.3) is 0 Å². The Bertz CT molecular complexity index is 812. The van der Waals surface area contributed by atoms with E-state index in [9.17, 15) is 13.5 Å². The summed E-state index contributed by atoms with van der Waals surface area (Å²) in [5, 5.41) is 9.99. The summed E-state index contributed by atoms with van der Waals surface area (Å²) < 4.78 is 33.1. The Kier molecular flexibility index (Phi) is 6.85. The van der Waals surface area contributed by atoms with E-state index in [-0.39, 0.29) is 23.5 Å². The first-order chi connectivity index (χ1) is 12.1. The van der Waals surface area contributed by atoms with Crippen molar-refractivity contribution >= 4 is 26.0 Å². The molecule has 0 bridgehead atoms. The van der Waals surface area contributed by atoms with Gasteiger partial charge in [0.1, 0.15) is 18.5 Å². The number of halogens is 1. The van der Waals surface area contributed by atoms with E-state index in [0.717, 1.165) is 4.47 Å². The van der Waals surface area contributed by atoms with Crippen molar-refractivity contribution in [2.24, 2.45) is 0 Å². The molecule has 5 nitrogen and oxygen atoms in total. The van der Waals surface area contributed by atoms with Gasteiger partial charge in [-0.2, -0.15) is 0 Å². The number of sulfonamides is 1. The van der Waals surface area contributed by atoms with Gasteiger partial charge in [-0.1, -0.05) is 48.8 Å². The average Bonchev–Trinajstić information content (AvgIpc) is 2.58. The fraction of sp³-hybridized carbons (Fsp3) is 0.368. The maximum absolute atomic E-state index is 12.2. The highest BCUT2D eigenvalue weighted by molar-refractivity contribution is 9.10. The molecule has 2 N–H and O–H groups in total. The molecule has 2 rings (SSSR count). The molecule has 0 aliphatic heterocycles. The molecule has 0 fully saturated rings. The summed E-state index contributed by atoms with van der Waals surface area (Å²) in [5.74, 6) is 0.632. The van der Waals surface area contributed by atoms with Crippen LogP contribution in [-0.2, 0) is 15.4 Å². The highest BCUT2D eigenvalue weighted by atomic mass is 79.9. The van der Waals surface area contributed by atoms with E-state index in [0.29, 0.717) is 5.75 Å². The van der Waals surface area contributed by atoms with Crippen LogP contribution >= 0.6 is 15.9 Å². The molecule has 0 amide bonds. The van der Waals surface area contributed by atoms with Crippen LogP contribution in [-0.4, -0.2) is 32.8 Å². The molecule has 0 aromatic heterocycles. The Hall–Kier alpha value is -1.41. The van der Waals surface area contributed by atoms with Crippen molar-refractivity contribution in [3.63, 3.8) is 0 Å². The van der Waals surface area contributed by atoms with Crippen molar-refractivity contribution in [3.8, 4) is 5.75 Å². The first kappa shape index (κ1) is 20.9. The Morgan fingerprint density at radius 2 is 1.65 bits per heavy atom. The second-order valence-electron chi connectivity index (χ2n) is 7.05. The van der Waals surface area contributed by atoms with Gasteiger partial charge in [0.05, 0.1) is 4.90 Å². The molecule has 0 aliphatic rings. The summed E-state index contributed by atoms with van der Waals surface area (Å²) in [6, 6.07) is 13.9. The van der Waals surface area contributed by atoms with Gasteiger partial charge in [0.15, 0.2) is 0 Å². The molecule has 0 aliphatic carbocycles. The normalized spacial score (nSPS) is 13.4. The van der Waals surface area contributed by atoms with Crippen LogP contribution in [0, 0.1) is 0 Å². The van der Waals surface area contributed by atoms with Crippen molar-refractivity contribution in [3.05, 3.63) is 58.6 Å². The SMILES string of the molecule is CC(C)(C)c1ccc(OCC(O)CNS(=O)(=O)c2ccc(Br)cc2)cc1. The van der Waals surface area contributed by atoms with E-state index in [4.69, 9.17) is 4.74 Å². The molecule has 1 unspecified atom stereocenters. The van der Waals surface area contributed by atoms with Gasteiger partial charge >= 0.3 is 0 Å². The van der Waals surface area contributed by atoms with Crippen molar-refractivity contribution in [2.45, 2.75) is 37.2 Å². The van der Waals surface area contributed by atoms with Crippen LogP contribution in [0.1, 0.15) is 26.3 Å². The van der Waals surface area contributed by atoms with Gasteiger partial charge in [-0.05, 0) is 47.4 Å². The molecule has 0 spiro atoms. The molecule has 26 heavy (non-hydrogen) atoms. The van der Waals surface area contributed by atoms with Gasteiger partial charge in [0, 0.05) is 11.0 Å². The Morgan fingerprint density at radius 3 is 2.19 bits per heavy atom. The Balaban J connectivity index is 1.85. The van der Waals surface area contributed by atoms with Gasteiger partial charge in [0.2, 0.25) is 10.0 Å². The molecule has 7 heteroatoms. The lowest BCUT2D eigenvalue weighted by Gasteiger charge is -2.19. The number of aliphatic hydroxyl groups excluding tert-OH is 1. The predicted molar refractivity (Wildman–Crippen MR) is 106 cm³/mol. The van der Waals surface area contributed by atoms with E-state index < -0.39 is 16.1 Å². The monoisotopic (exact) mass is 441 g/mol. The number of aliphatic hydroxyl groups is 1. The summed E-state index contributed by atoms with van der Waals surface area (Å²) in [7, 11) is -3.66. The summed E-state index contributed by atoms with van der Waals surface area (Å²) >= 11 is 3.26. The highest BCUT2D eigenvalue weighted by Crippen LogP contribution is 2.24. The van der Waals surface area contributed by atoms with Crippen LogP contribution in [0.4, 0.5) is 0 Å². The number of hydrogen-bond acceptors (Lipinski definition) is 4. The van der Waals surface area contributed by atoms with Gasteiger partial charge in [0.25, 0.3) is 0 Å². The summed E-state index contributed by atoms with van der Waals surface area (Å²) in [5.41, 5.74) is 1.25. The number of benzene rings is 2. The molecule has 142 valence electrons. The maximum Gasteiger partial charge on any atom is 0.240 e. The second-order valence-corrected chi connectivity index (χ2v) is 9.73. The maximum atomic E-state index is 12.2. The first-order valence-corrected chi connectivity index (χ1v) is 10.5. The average molecular weight is 442 g/mol. The Morgan fingerprint density at radius 1 is 1.08 bits per heavy atom. The van der Waals surface area contributed by atoms with Gasteiger partial charge in [-0.25, -0.2) is 13.1 Å². The molecular formula is C19H24BrNO4S. The molecule has 0 saturated heterocycles. The fourth-order valence-electron chi connectivity index (χ4n) is 2.21. The lowest BCUT2D eigenvalue weighted by atomic mass is 9.87. The third-order valence-corrected chi connectivity index (χ3v) is 5.76. The van der Waals surface area contributed by atoms with Gasteiger partial charge < -0.3 is 9.84 Å². The topological polar surface area (TPSA) is 75.6 Å². The van der Waals surface area contributed by atoms with Crippen molar-refractivity contribution in [2.75, 3.05) is 13.2 Å². The minimum absolute atomic E-state index is 0.00226. The third-order valence-electron chi connectivity index (χ3n) is 3.80. The lowest BCUT2D eigenvalue weighted by molar-refractivity contribution is 0.111. The van der Waals surface area contributed by atoms with E-state index in [1.165, 1.54) is 17.7 Å². The predicted octanol–water partition coefficient (Wildman–Crippen LogP) is 3.46. The van der Waals surface area contributed by atoms with Crippen LogP contribution in [0.3, 0.4) is 0 Å². The lowest BCUT2D eigenvalue weighted by Crippen LogP contribution is -2.35. The van der Waals surface area contributed by atoms with E-state index in [2.05, 4.69) is 41.4 Å². The molecule has 2 aromatic rings. The number of rotatable bonds is 7. The molecule has 2 aromatic carbocycles. The molecule has 0 saturated carbocycles. The minimum Gasteiger partial charge on any atom is -0.491 e. The van der Waals surface area contributed by atoms with Crippen molar-refractivity contribution < 1.29 is 18.3 Å². The van der Waals surface area contributed by atoms with Gasteiger partial charge in [-0.3, -0.25) is 0 Å². The standard InChI is InChI=1S/C19H24BrNO4S/c1-19(2,3)14-4-8-17(9-5-14)25-13-16(22)12-21-26(23,24)18-10-6-15(20)7-11-18/h4-11,16,21-22H,12-13H2,1-3H3. The second kappa shape index (κ2) is 8.52. The summed E-state index contributed by atoms with van der Waals surface area (Å²) in [6.07, 6.45) is -0.956. The largest absolute Gasteiger partial charge is 0.491 e. The van der Waals surface area contributed by atoms with Crippen molar-refractivity contribution in [1.29, 1.82) is 0 Å². The quantitative estimate of drug-likeness (QED) is 0.689. The smallest absolute Gasteiger partial charge is 0.240 e. The number of ether oxygens (including phenoxy) is 1. The number of nitrogens with one attached hydrogen (secondary N) is 1. The zero-order chi connectivity index (χ0) is 19.4. The summed E-state index contributed by atoms with van der Waals surface area (Å²) in [6.45, 7) is 6.26. The zero-order valence-electron chi connectivity index (χ0n) is 15.1. The molecule has 0 radical (unpaired) electrons. The van der Waals surface area contributed by atoms with E-state index in [1.54, 1.807) is 12.1 Å². The molecule has 1 atom stereocenters. The van der Waals surface area contributed by atoms with Crippen LogP contribution in [0.2, 0.25) is 0 Å². The highest BCUT2D eigenvalue weighted by Gasteiger charge is 2.16. The van der Waals surface area contributed by atoms with Gasteiger partial charge in [-0.15, -0.1) is 0 Å². The van der Waals surface area contributed by atoms with E-state index in [1.807, 2.05) is 24.3 Å². The summed E-state index contributed by atoms with van der Waals surface area (Å²) in [4.78, 5) is 0.145. The molecule has 0 heterocycles.